The summed E-state index contributed by atoms with van der Waals surface area (Å²) in [5, 5.41) is 15.4. The van der Waals surface area contributed by atoms with E-state index < -0.39 is 17.2 Å². The molecule has 1 unspecified atom stereocenters. The summed E-state index contributed by atoms with van der Waals surface area (Å²) in [7, 11) is 1.73. The number of halogens is 2. The number of aromatic nitrogens is 3. The molecule has 2 aromatic carbocycles. The molecule has 1 N–H and O–H groups in total. The highest BCUT2D eigenvalue weighted by atomic mass is 32.2. The van der Waals surface area contributed by atoms with Crippen LogP contribution in [0.3, 0.4) is 0 Å². The molecule has 158 valence electrons. The maximum atomic E-state index is 14.5. The molecule has 0 aliphatic rings. The molecular formula is C21H22F2N4OS2. The molecule has 0 saturated heterocycles. The van der Waals surface area contributed by atoms with Crippen LogP contribution in [0.5, 0.6) is 0 Å². The smallest absolute Gasteiger partial charge is 0.137 e. The van der Waals surface area contributed by atoms with E-state index in [9.17, 15) is 13.9 Å². The Balaban J connectivity index is 1.76. The molecule has 0 fully saturated rings. The highest BCUT2D eigenvalue weighted by Crippen LogP contribution is 2.29. The molecule has 0 radical (unpaired) electrons. The molecule has 1 aromatic heterocycles. The SMILES string of the molecule is Cc1ccc(CSC(=S)N(C)CC(O)(Cn2cncn2)c2ccc(F)cc2F)cc1. The zero-order valence-corrected chi connectivity index (χ0v) is 18.3. The van der Waals surface area contributed by atoms with Crippen LogP contribution in [0.4, 0.5) is 8.78 Å². The van der Waals surface area contributed by atoms with Crippen molar-refractivity contribution in [2.45, 2.75) is 24.8 Å². The molecule has 0 aliphatic carbocycles. The summed E-state index contributed by atoms with van der Waals surface area (Å²) in [6, 6.07) is 11.3. The van der Waals surface area contributed by atoms with Gasteiger partial charge in [0.2, 0.25) is 0 Å². The number of thiocarbonyl (C=S) groups is 1. The van der Waals surface area contributed by atoms with Gasteiger partial charge in [-0.2, -0.15) is 5.10 Å². The third-order valence-electron chi connectivity index (χ3n) is 4.62. The van der Waals surface area contributed by atoms with Crippen LogP contribution in [-0.4, -0.2) is 42.7 Å². The van der Waals surface area contributed by atoms with Crippen LogP contribution in [0.1, 0.15) is 16.7 Å². The summed E-state index contributed by atoms with van der Waals surface area (Å²) in [6.45, 7) is 1.96. The lowest BCUT2D eigenvalue weighted by Crippen LogP contribution is -2.44. The summed E-state index contributed by atoms with van der Waals surface area (Å²) < 4.78 is 29.9. The molecule has 5 nitrogen and oxygen atoms in total. The van der Waals surface area contributed by atoms with Crippen molar-refractivity contribution in [1.82, 2.24) is 19.7 Å². The number of aryl methyl sites for hydroxylation is 1. The standard InChI is InChI=1S/C21H22F2N4OS2/c1-15-3-5-16(6-4-15)10-30-20(29)26(2)11-21(28,12-27-14-24-13-25-27)18-8-7-17(22)9-19(18)23/h3-9,13-14,28H,10-12H2,1-2H3. The summed E-state index contributed by atoms with van der Waals surface area (Å²) in [6.07, 6.45) is 2.75. The zero-order valence-electron chi connectivity index (χ0n) is 16.6. The molecule has 0 saturated carbocycles. The second-order valence-corrected chi connectivity index (χ2v) is 8.75. The molecule has 0 amide bonds. The Kier molecular flexibility index (Phi) is 7.17. The zero-order chi connectivity index (χ0) is 21.7. The first-order chi connectivity index (χ1) is 14.3. The van der Waals surface area contributed by atoms with Crippen LogP contribution in [0.25, 0.3) is 0 Å². The van der Waals surface area contributed by atoms with Crippen molar-refractivity contribution in [1.29, 1.82) is 0 Å². The van der Waals surface area contributed by atoms with E-state index in [0.29, 0.717) is 10.1 Å². The van der Waals surface area contributed by atoms with Gasteiger partial charge < -0.3 is 10.0 Å². The summed E-state index contributed by atoms with van der Waals surface area (Å²) in [4.78, 5) is 5.55. The second kappa shape index (κ2) is 9.63. The van der Waals surface area contributed by atoms with Gasteiger partial charge >= 0.3 is 0 Å². The minimum absolute atomic E-state index is 0.00482. The van der Waals surface area contributed by atoms with Crippen LogP contribution in [0.2, 0.25) is 0 Å². The first-order valence-electron chi connectivity index (χ1n) is 9.20. The lowest BCUT2D eigenvalue weighted by Gasteiger charge is -2.34. The molecule has 3 aromatic rings. The maximum Gasteiger partial charge on any atom is 0.137 e. The van der Waals surface area contributed by atoms with Gasteiger partial charge in [0.15, 0.2) is 0 Å². The third kappa shape index (κ3) is 5.62. The van der Waals surface area contributed by atoms with E-state index in [2.05, 4.69) is 10.1 Å². The highest BCUT2D eigenvalue weighted by Gasteiger charge is 2.35. The number of likely N-dealkylation sites (N-methyl/N-ethyl adjacent to an activating group) is 1. The molecule has 0 aliphatic heterocycles. The first-order valence-corrected chi connectivity index (χ1v) is 10.6. The molecule has 0 bridgehead atoms. The number of benzene rings is 2. The minimum atomic E-state index is -1.70. The van der Waals surface area contributed by atoms with Crippen molar-refractivity contribution in [3.63, 3.8) is 0 Å². The quantitative estimate of drug-likeness (QED) is 0.554. The van der Waals surface area contributed by atoms with Crippen LogP contribution in [0.15, 0.2) is 55.1 Å². The number of hydrogen-bond acceptors (Lipinski definition) is 5. The highest BCUT2D eigenvalue weighted by molar-refractivity contribution is 8.22. The summed E-state index contributed by atoms with van der Waals surface area (Å²) in [5.74, 6) is -0.864. The molecule has 3 rings (SSSR count). The largest absolute Gasteiger partial charge is 0.381 e. The Labute approximate surface area is 183 Å². The molecule has 1 atom stereocenters. The number of hydrogen-bond donors (Lipinski definition) is 1. The van der Waals surface area contributed by atoms with Gasteiger partial charge in [-0.05, 0) is 18.6 Å². The Morgan fingerprint density at radius 3 is 2.60 bits per heavy atom. The van der Waals surface area contributed by atoms with Crippen molar-refractivity contribution >= 4 is 28.3 Å². The van der Waals surface area contributed by atoms with Gasteiger partial charge in [0, 0.05) is 24.4 Å². The predicted molar refractivity (Wildman–Crippen MR) is 118 cm³/mol. The van der Waals surface area contributed by atoms with Crippen molar-refractivity contribution < 1.29 is 13.9 Å². The van der Waals surface area contributed by atoms with Gasteiger partial charge in [0.05, 0.1) is 13.1 Å². The Bertz CT molecular complexity index is 999. The number of aliphatic hydroxyl groups is 1. The predicted octanol–water partition coefficient (Wildman–Crippen LogP) is 3.90. The molecular weight excluding hydrogens is 426 g/mol. The summed E-state index contributed by atoms with van der Waals surface area (Å²) in [5.41, 5.74) is 0.582. The average molecular weight is 449 g/mol. The fourth-order valence-electron chi connectivity index (χ4n) is 3.07. The van der Waals surface area contributed by atoms with Gasteiger partial charge in [-0.3, -0.25) is 0 Å². The molecule has 30 heavy (non-hydrogen) atoms. The first kappa shape index (κ1) is 22.3. The van der Waals surface area contributed by atoms with E-state index in [4.69, 9.17) is 12.2 Å². The second-order valence-electron chi connectivity index (χ2n) is 7.15. The van der Waals surface area contributed by atoms with Gasteiger partial charge in [0.25, 0.3) is 0 Å². The van der Waals surface area contributed by atoms with Gasteiger partial charge in [0.1, 0.15) is 34.2 Å². The average Bonchev–Trinajstić information content (AvgIpc) is 3.19. The molecule has 0 spiro atoms. The van der Waals surface area contributed by atoms with E-state index in [1.54, 1.807) is 11.9 Å². The minimum Gasteiger partial charge on any atom is -0.381 e. The lowest BCUT2D eigenvalue weighted by molar-refractivity contribution is -0.00240. The fraction of sp³-hybridized carbons (Fsp3) is 0.286. The Morgan fingerprint density at radius 1 is 1.23 bits per heavy atom. The van der Waals surface area contributed by atoms with Gasteiger partial charge in [-0.1, -0.05) is 59.9 Å². The van der Waals surface area contributed by atoms with E-state index >= 15 is 0 Å². The fourth-order valence-corrected chi connectivity index (χ4v) is 4.07. The number of thioether (sulfide) groups is 1. The maximum absolute atomic E-state index is 14.5. The lowest BCUT2D eigenvalue weighted by atomic mass is 9.92. The van der Waals surface area contributed by atoms with E-state index in [0.717, 1.165) is 17.7 Å². The summed E-state index contributed by atoms with van der Waals surface area (Å²) >= 11 is 6.96. The Hall–Kier alpha value is -2.36. The van der Waals surface area contributed by atoms with E-state index in [1.807, 2.05) is 31.2 Å². The van der Waals surface area contributed by atoms with Crippen molar-refractivity contribution in [3.8, 4) is 0 Å². The number of nitrogens with zero attached hydrogens (tertiary/aromatic N) is 4. The third-order valence-corrected chi connectivity index (χ3v) is 6.32. The van der Waals surface area contributed by atoms with Crippen molar-refractivity contribution in [2.75, 3.05) is 13.6 Å². The van der Waals surface area contributed by atoms with Crippen molar-refractivity contribution in [3.05, 3.63) is 83.4 Å². The van der Waals surface area contributed by atoms with E-state index in [1.165, 1.54) is 40.7 Å². The van der Waals surface area contributed by atoms with Crippen molar-refractivity contribution in [2.24, 2.45) is 0 Å². The topological polar surface area (TPSA) is 54.2 Å². The number of rotatable bonds is 7. The molecule has 1 heterocycles. The monoisotopic (exact) mass is 448 g/mol. The van der Waals surface area contributed by atoms with Crippen LogP contribution in [0, 0.1) is 18.6 Å². The molecule has 9 heteroatoms. The van der Waals surface area contributed by atoms with E-state index in [-0.39, 0.29) is 18.7 Å². The van der Waals surface area contributed by atoms with Crippen LogP contribution in [-0.2, 0) is 17.9 Å². The van der Waals surface area contributed by atoms with Crippen LogP contribution >= 0.6 is 24.0 Å². The van der Waals surface area contributed by atoms with Gasteiger partial charge in [-0.25, -0.2) is 18.4 Å². The van der Waals surface area contributed by atoms with Crippen LogP contribution < -0.4 is 0 Å². The normalized spacial score (nSPS) is 13.1. The van der Waals surface area contributed by atoms with Gasteiger partial charge in [-0.15, -0.1) is 0 Å². The Morgan fingerprint density at radius 2 is 1.97 bits per heavy atom.